The molecule has 0 aliphatic rings. The first kappa shape index (κ1) is 16.8. The maximum atomic E-state index is 11.9. The Bertz CT molecular complexity index is 717. The molecular weight excluding hydrogens is 364 g/mol. The number of amides is 2. The van der Waals surface area contributed by atoms with Crippen LogP contribution in [0.3, 0.4) is 0 Å². The van der Waals surface area contributed by atoms with Crippen molar-refractivity contribution < 1.29 is 19.8 Å². The summed E-state index contributed by atoms with van der Waals surface area (Å²) in [5.74, 6) is -0.756. The first-order valence-corrected chi connectivity index (χ1v) is 7.60. The number of carbonyl (C=O) groups excluding carboxylic acids is 2. The Hall–Kier alpha value is -2.54. The van der Waals surface area contributed by atoms with Crippen LogP contribution in [0.1, 0.15) is 20.7 Å². The molecular formula is C16H15BrN2O4. The molecule has 23 heavy (non-hydrogen) atoms. The zero-order chi connectivity index (χ0) is 16.8. The average Bonchev–Trinajstić information content (AvgIpc) is 2.54. The topological polar surface area (TPSA) is 98.7 Å². The lowest BCUT2D eigenvalue weighted by molar-refractivity contribution is 0.0926. The molecule has 2 aromatic carbocycles. The lowest BCUT2D eigenvalue weighted by atomic mass is 10.2. The van der Waals surface area contributed by atoms with Crippen molar-refractivity contribution in [1.82, 2.24) is 10.6 Å². The van der Waals surface area contributed by atoms with E-state index in [2.05, 4.69) is 26.6 Å². The summed E-state index contributed by atoms with van der Waals surface area (Å²) in [4.78, 5) is 23.8. The monoisotopic (exact) mass is 378 g/mol. The first-order valence-electron chi connectivity index (χ1n) is 6.81. The van der Waals surface area contributed by atoms with Gasteiger partial charge in [-0.1, -0.05) is 15.9 Å². The predicted molar refractivity (Wildman–Crippen MR) is 88.6 cm³/mol. The van der Waals surface area contributed by atoms with Crippen molar-refractivity contribution in [2.24, 2.45) is 0 Å². The van der Waals surface area contributed by atoms with Gasteiger partial charge in [0.25, 0.3) is 11.8 Å². The van der Waals surface area contributed by atoms with Gasteiger partial charge in [0.15, 0.2) is 0 Å². The van der Waals surface area contributed by atoms with Crippen molar-refractivity contribution in [3.63, 3.8) is 0 Å². The molecule has 7 heteroatoms. The van der Waals surface area contributed by atoms with Gasteiger partial charge in [-0.3, -0.25) is 9.59 Å². The minimum atomic E-state index is -0.428. The number of hydrogen-bond acceptors (Lipinski definition) is 4. The van der Waals surface area contributed by atoms with Gasteiger partial charge >= 0.3 is 0 Å². The number of carbonyl (C=O) groups is 2. The third kappa shape index (κ3) is 4.72. The van der Waals surface area contributed by atoms with E-state index in [1.165, 1.54) is 36.4 Å². The second-order valence-corrected chi connectivity index (χ2v) is 5.64. The number of benzene rings is 2. The van der Waals surface area contributed by atoms with Gasteiger partial charge in [-0.05, 0) is 42.5 Å². The number of rotatable bonds is 5. The fraction of sp³-hybridized carbons (Fsp3) is 0.125. The van der Waals surface area contributed by atoms with E-state index in [1.54, 1.807) is 6.07 Å². The van der Waals surface area contributed by atoms with E-state index in [9.17, 15) is 14.7 Å². The largest absolute Gasteiger partial charge is 0.508 e. The Kier molecular flexibility index (Phi) is 5.59. The predicted octanol–water partition coefficient (Wildman–Crippen LogP) is 2.02. The number of hydrogen-bond donors (Lipinski definition) is 4. The van der Waals surface area contributed by atoms with Crippen molar-refractivity contribution in [1.29, 1.82) is 0 Å². The van der Waals surface area contributed by atoms with Crippen molar-refractivity contribution in [3.05, 3.63) is 58.1 Å². The highest BCUT2D eigenvalue weighted by atomic mass is 79.9. The van der Waals surface area contributed by atoms with Gasteiger partial charge < -0.3 is 20.8 Å². The van der Waals surface area contributed by atoms with Crippen LogP contribution < -0.4 is 10.6 Å². The summed E-state index contributed by atoms with van der Waals surface area (Å²) in [5.41, 5.74) is 0.572. The highest BCUT2D eigenvalue weighted by Crippen LogP contribution is 2.21. The van der Waals surface area contributed by atoms with Crippen molar-refractivity contribution in [2.45, 2.75) is 0 Å². The van der Waals surface area contributed by atoms with Gasteiger partial charge in [-0.2, -0.15) is 0 Å². The van der Waals surface area contributed by atoms with Crippen molar-refractivity contribution >= 4 is 27.7 Å². The Morgan fingerprint density at radius 1 is 0.913 bits per heavy atom. The molecule has 120 valence electrons. The molecule has 0 fully saturated rings. The molecule has 2 rings (SSSR count). The van der Waals surface area contributed by atoms with Crippen LogP contribution in [0, 0.1) is 0 Å². The van der Waals surface area contributed by atoms with Crippen LogP contribution in [0.4, 0.5) is 0 Å². The Labute approximate surface area is 141 Å². The molecule has 6 nitrogen and oxygen atoms in total. The van der Waals surface area contributed by atoms with Crippen LogP contribution in [-0.4, -0.2) is 35.1 Å². The number of aromatic hydroxyl groups is 2. The van der Waals surface area contributed by atoms with Gasteiger partial charge in [-0.25, -0.2) is 0 Å². The SMILES string of the molecule is O=C(NCCNC(=O)c1cc(Br)ccc1O)c1ccc(O)cc1. The molecule has 0 aliphatic carbocycles. The van der Waals surface area contributed by atoms with E-state index in [-0.39, 0.29) is 36.1 Å². The molecule has 0 saturated carbocycles. The quantitative estimate of drug-likeness (QED) is 0.598. The number of phenols is 2. The summed E-state index contributed by atoms with van der Waals surface area (Å²) in [7, 11) is 0. The van der Waals surface area contributed by atoms with Crippen LogP contribution in [0.15, 0.2) is 46.9 Å². The third-order valence-electron chi connectivity index (χ3n) is 3.03. The molecule has 0 atom stereocenters. The Morgan fingerprint density at radius 3 is 2.17 bits per heavy atom. The number of halogens is 1. The van der Waals surface area contributed by atoms with E-state index < -0.39 is 5.91 Å². The molecule has 0 unspecified atom stereocenters. The van der Waals surface area contributed by atoms with Gasteiger partial charge in [0, 0.05) is 23.1 Å². The Balaban J connectivity index is 1.81. The molecule has 0 saturated heterocycles. The van der Waals surface area contributed by atoms with Crippen LogP contribution >= 0.6 is 15.9 Å². The molecule has 0 heterocycles. The molecule has 2 amide bonds. The molecule has 4 N–H and O–H groups in total. The lowest BCUT2D eigenvalue weighted by Crippen LogP contribution is -2.34. The third-order valence-corrected chi connectivity index (χ3v) is 3.52. The highest BCUT2D eigenvalue weighted by Gasteiger charge is 2.11. The molecule has 2 aromatic rings. The summed E-state index contributed by atoms with van der Waals surface area (Å²) >= 11 is 3.23. The van der Waals surface area contributed by atoms with Crippen LogP contribution in [0.25, 0.3) is 0 Å². The van der Waals surface area contributed by atoms with Crippen LogP contribution in [-0.2, 0) is 0 Å². The first-order chi connectivity index (χ1) is 11.0. The van der Waals surface area contributed by atoms with Crippen molar-refractivity contribution in [3.8, 4) is 11.5 Å². The maximum Gasteiger partial charge on any atom is 0.255 e. The van der Waals surface area contributed by atoms with Crippen LogP contribution in [0.5, 0.6) is 11.5 Å². The minimum Gasteiger partial charge on any atom is -0.508 e. The smallest absolute Gasteiger partial charge is 0.255 e. The van der Waals surface area contributed by atoms with E-state index >= 15 is 0 Å². The fourth-order valence-electron chi connectivity index (χ4n) is 1.85. The Morgan fingerprint density at radius 2 is 1.52 bits per heavy atom. The van der Waals surface area contributed by atoms with Gasteiger partial charge in [0.2, 0.25) is 0 Å². The average molecular weight is 379 g/mol. The van der Waals surface area contributed by atoms with Gasteiger partial charge in [-0.15, -0.1) is 0 Å². The number of phenolic OH excluding ortho intramolecular Hbond substituents is 2. The molecule has 0 spiro atoms. The molecule has 0 aliphatic heterocycles. The zero-order valence-corrected chi connectivity index (χ0v) is 13.6. The normalized spacial score (nSPS) is 10.1. The number of nitrogens with one attached hydrogen (secondary N) is 2. The summed E-state index contributed by atoms with van der Waals surface area (Å²) in [6, 6.07) is 10.4. The van der Waals surface area contributed by atoms with Gasteiger partial charge in [0.1, 0.15) is 11.5 Å². The second-order valence-electron chi connectivity index (χ2n) is 4.72. The van der Waals surface area contributed by atoms with Crippen molar-refractivity contribution in [2.75, 3.05) is 13.1 Å². The molecule has 0 aromatic heterocycles. The van der Waals surface area contributed by atoms with E-state index in [0.29, 0.717) is 10.0 Å². The summed E-state index contributed by atoms with van der Waals surface area (Å²) in [6.07, 6.45) is 0. The van der Waals surface area contributed by atoms with Crippen LogP contribution in [0.2, 0.25) is 0 Å². The fourth-order valence-corrected chi connectivity index (χ4v) is 2.21. The summed E-state index contributed by atoms with van der Waals surface area (Å²) < 4.78 is 0.682. The zero-order valence-electron chi connectivity index (χ0n) is 12.0. The summed E-state index contributed by atoms with van der Waals surface area (Å²) in [5, 5.41) is 24.1. The summed E-state index contributed by atoms with van der Waals surface area (Å²) in [6.45, 7) is 0.453. The second kappa shape index (κ2) is 7.64. The standard InChI is InChI=1S/C16H15BrN2O4/c17-11-3-6-14(21)13(9-11)16(23)19-8-7-18-15(22)10-1-4-12(20)5-2-10/h1-6,9,20-21H,7-8H2,(H,18,22)(H,19,23). The maximum absolute atomic E-state index is 11.9. The highest BCUT2D eigenvalue weighted by molar-refractivity contribution is 9.10. The molecule has 0 radical (unpaired) electrons. The van der Waals surface area contributed by atoms with Gasteiger partial charge in [0.05, 0.1) is 5.56 Å². The van der Waals surface area contributed by atoms with E-state index in [4.69, 9.17) is 5.11 Å². The van der Waals surface area contributed by atoms with E-state index in [0.717, 1.165) is 0 Å². The van der Waals surface area contributed by atoms with E-state index in [1.807, 2.05) is 0 Å². The lowest BCUT2D eigenvalue weighted by Gasteiger charge is -2.08. The molecule has 0 bridgehead atoms. The minimum absolute atomic E-state index is 0.0858.